The van der Waals surface area contributed by atoms with Crippen LogP contribution in [0.1, 0.15) is 69.7 Å². The highest BCUT2D eigenvalue weighted by atomic mass is 16.3. The van der Waals surface area contributed by atoms with Crippen LogP contribution in [0.25, 0.3) is 0 Å². The van der Waals surface area contributed by atoms with Gasteiger partial charge >= 0.3 is 0 Å². The number of aliphatic hydroxyl groups is 1. The van der Waals surface area contributed by atoms with Crippen molar-refractivity contribution in [3.05, 3.63) is 29.8 Å². The number of carbonyl (C=O) groups is 1. The molecule has 0 aromatic heterocycles. The van der Waals surface area contributed by atoms with Gasteiger partial charge in [0.25, 0.3) is 5.91 Å². The van der Waals surface area contributed by atoms with E-state index < -0.39 is 0 Å². The molecule has 1 aromatic carbocycles. The predicted octanol–water partition coefficient (Wildman–Crippen LogP) is 4.08. The summed E-state index contributed by atoms with van der Waals surface area (Å²) in [5.74, 6) is 0.0684. The zero-order valence-electron chi connectivity index (χ0n) is 16.1. The van der Waals surface area contributed by atoms with E-state index >= 15 is 0 Å². The van der Waals surface area contributed by atoms with Gasteiger partial charge in [0.1, 0.15) is 0 Å². The second kappa shape index (κ2) is 9.81. The van der Waals surface area contributed by atoms with E-state index in [1.165, 1.54) is 19.3 Å². The molecule has 0 saturated heterocycles. The van der Waals surface area contributed by atoms with E-state index in [9.17, 15) is 9.90 Å². The molecule has 1 aliphatic rings. The second-order valence-corrected chi connectivity index (χ2v) is 6.97. The van der Waals surface area contributed by atoms with Crippen LogP contribution in [0.4, 0.5) is 5.69 Å². The molecule has 0 spiro atoms. The summed E-state index contributed by atoms with van der Waals surface area (Å²) in [4.78, 5) is 17.5. The SMILES string of the molecule is CCC(CO)N(C(=O)c1ccc(N(CC)CC)cc1)C1CCCCC1. The van der Waals surface area contributed by atoms with Gasteiger partial charge in [-0.2, -0.15) is 0 Å². The van der Waals surface area contributed by atoms with Gasteiger partial charge in [-0.25, -0.2) is 0 Å². The molecular weight excluding hydrogens is 312 g/mol. The summed E-state index contributed by atoms with van der Waals surface area (Å²) in [7, 11) is 0. The molecule has 1 saturated carbocycles. The molecule has 0 radical (unpaired) electrons. The molecular formula is C21H34N2O2. The largest absolute Gasteiger partial charge is 0.394 e. The third-order valence-corrected chi connectivity index (χ3v) is 5.52. The smallest absolute Gasteiger partial charge is 0.254 e. The molecule has 1 amide bonds. The Morgan fingerprint density at radius 1 is 1.08 bits per heavy atom. The molecule has 1 aromatic rings. The number of anilines is 1. The van der Waals surface area contributed by atoms with E-state index in [1.807, 2.05) is 36.1 Å². The fourth-order valence-corrected chi connectivity index (χ4v) is 3.96. The average molecular weight is 347 g/mol. The van der Waals surface area contributed by atoms with Crippen molar-refractivity contribution in [2.24, 2.45) is 0 Å². The van der Waals surface area contributed by atoms with E-state index in [0.29, 0.717) is 0 Å². The van der Waals surface area contributed by atoms with Crippen LogP contribution in [0.15, 0.2) is 24.3 Å². The van der Waals surface area contributed by atoms with Crippen LogP contribution in [0.5, 0.6) is 0 Å². The van der Waals surface area contributed by atoms with Gasteiger partial charge in [-0.15, -0.1) is 0 Å². The maximum Gasteiger partial charge on any atom is 0.254 e. The minimum Gasteiger partial charge on any atom is -0.394 e. The number of carbonyl (C=O) groups excluding carboxylic acids is 1. The molecule has 1 atom stereocenters. The van der Waals surface area contributed by atoms with Crippen molar-refractivity contribution in [1.82, 2.24) is 4.90 Å². The molecule has 1 N–H and O–H groups in total. The Morgan fingerprint density at radius 3 is 2.16 bits per heavy atom. The van der Waals surface area contributed by atoms with Crippen molar-refractivity contribution in [1.29, 1.82) is 0 Å². The summed E-state index contributed by atoms with van der Waals surface area (Å²) in [6, 6.07) is 8.14. The van der Waals surface area contributed by atoms with Crippen molar-refractivity contribution >= 4 is 11.6 Å². The lowest BCUT2D eigenvalue weighted by Crippen LogP contribution is -2.49. The maximum absolute atomic E-state index is 13.2. The van der Waals surface area contributed by atoms with E-state index in [0.717, 1.165) is 43.6 Å². The number of rotatable bonds is 8. The first-order valence-electron chi connectivity index (χ1n) is 9.94. The van der Waals surface area contributed by atoms with Crippen LogP contribution in [-0.2, 0) is 0 Å². The zero-order valence-corrected chi connectivity index (χ0v) is 16.1. The van der Waals surface area contributed by atoms with Crippen LogP contribution in [-0.4, -0.2) is 47.7 Å². The minimum atomic E-state index is -0.0851. The molecule has 2 rings (SSSR count). The van der Waals surface area contributed by atoms with Crippen molar-refractivity contribution in [2.45, 2.75) is 71.4 Å². The molecule has 1 aliphatic carbocycles. The van der Waals surface area contributed by atoms with Crippen LogP contribution in [0, 0.1) is 0 Å². The van der Waals surface area contributed by atoms with Gasteiger partial charge in [0.15, 0.2) is 0 Å². The van der Waals surface area contributed by atoms with Gasteiger partial charge in [-0.3, -0.25) is 4.79 Å². The monoisotopic (exact) mass is 346 g/mol. The summed E-state index contributed by atoms with van der Waals surface area (Å²) < 4.78 is 0. The zero-order chi connectivity index (χ0) is 18.2. The third kappa shape index (κ3) is 4.75. The first-order valence-corrected chi connectivity index (χ1v) is 9.94. The topological polar surface area (TPSA) is 43.8 Å². The van der Waals surface area contributed by atoms with Crippen LogP contribution in [0.3, 0.4) is 0 Å². The molecule has 25 heavy (non-hydrogen) atoms. The number of aliphatic hydroxyl groups excluding tert-OH is 1. The van der Waals surface area contributed by atoms with Crippen LogP contribution < -0.4 is 4.90 Å². The molecule has 4 nitrogen and oxygen atoms in total. The summed E-state index contributed by atoms with van der Waals surface area (Å²) in [6.07, 6.45) is 6.51. The van der Waals surface area contributed by atoms with Crippen molar-refractivity contribution in [3.63, 3.8) is 0 Å². The highest BCUT2D eigenvalue weighted by molar-refractivity contribution is 5.95. The van der Waals surface area contributed by atoms with E-state index in [4.69, 9.17) is 0 Å². The normalized spacial score (nSPS) is 16.5. The van der Waals surface area contributed by atoms with Crippen molar-refractivity contribution < 1.29 is 9.90 Å². The highest BCUT2D eigenvalue weighted by Gasteiger charge is 2.31. The second-order valence-electron chi connectivity index (χ2n) is 6.97. The van der Waals surface area contributed by atoms with Crippen LogP contribution in [0.2, 0.25) is 0 Å². The Hall–Kier alpha value is -1.55. The fraction of sp³-hybridized carbons (Fsp3) is 0.667. The van der Waals surface area contributed by atoms with Crippen molar-refractivity contribution in [3.8, 4) is 0 Å². The standard InChI is InChI=1S/C21H34N2O2/c1-4-18(16-24)23(20-10-8-7-9-11-20)21(25)17-12-14-19(15-13-17)22(5-2)6-3/h12-15,18,20,24H,4-11,16H2,1-3H3. The van der Waals surface area contributed by atoms with Gasteiger partial charge in [0, 0.05) is 30.4 Å². The minimum absolute atomic E-state index is 0.0380. The predicted molar refractivity (Wildman–Crippen MR) is 104 cm³/mol. The van der Waals surface area contributed by atoms with Gasteiger partial charge < -0.3 is 14.9 Å². The van der Waals surface area contributed by atoms with Crippen LogP contribution >= 0.6 is 0 Å². The number of benzene rings is 1. The molecule has 1 unspecified atom stereocenters. The lowest BCUT2D eigenvalue weighted by Gasteiger charge is -2.39. The first kappa shape index (κ1) is 19.8. The van der Waals surface area contributed by atoms with Gasteiger partial charge in [0.2, 0.25) is 0 Å². The lowest BCUT2D eigenvalue weighted by atomic mass is 9.92. The van der Waals surface area contributed by atoms with E-state index in [2.05, 4.69) is 18.7 Å². The number of amides is 1. The fourth-order valence-electron chi connectivity index (χ4n) is 3.96. The quantitative estimate of drug-likeness (QED) is 0.771. The maximum atomic E-state index is 13.2. The summed E-state index contributed by atoms with van der Waals surface area (Å²) in [5, 5.41) is 9.80. The first-order chi connectivity index (χ1) is 12.2. The Labute approximate surface area is 152 Å². The molecule has 140 valence electrons. The number of hydrogen-bond donors (Lipinski definition) is 1. The summed E-state index contributed by atoms with van der Waals surface area (Å²) >= 11 is 0. The van der Waals surface area contributed by atoms with Crippen molar-refractivity contribution in [2.75, 3.05) is 24.6 Å². The van der Waals surface area contributed by atoms with E-state index in [1.54, 1.807) is 0 Å². The Bertz CT molecular complexity index is 515. The molecule has 4 heteroatoms. The number of nitrogens with zero attached hydrogens (tertiary/aromatic N) is 2. The molecule has 0 aliphatic heterocycles. The molecule has 0 heterocycles. The molecule has 1 fully saturated rings. The van der Waals surface area contributed by atoms with E-state index in [-0.39, 0.29) is 24.6 Å². The molecule has 0 bridgehead atoms. The Balaban J connectivity index is 2.22. The lowest BCUT2D eigenvalue weighted by molar-refractivity contribution is 0.0387. The number of hydrogen-bond acceptors (Lipinski definition) is 3. The van der Waals surface area contributed by atoms with Gasteiger partial charge in [0.05, 0.1) is 12.6 Å². The Morgan fingerprint density at radius 2 is 1.68 bits per heavy atom. The highest BCUT2D eigenvalue weighted by Crippen LogP contribution is 2.27. The average Bonchev–Trinajstić information content (AvgIpc) is 2.67. The van der Waals surface area contributed by atoms with Gasteiger partial charge in [-0.1, -0.05) is 26.2 Å². The van der Waals surface area contributed by atoms with Gasteiger partial charge in [-0.05, 0) is 57.4 Å². The third-order valence-electron chi connectivity index (χ3n) is 5.52. The summed E-state index contributed by atoms with van der Waals surface area (Å²) in [6.45, 7) is 8.28. The Kier molecular flexibility index (Phi) is 7.76. The summed E-state index contributed by atoms with van der Waals surface area (Å²) in [5.41, 5.74) is 1.88.